The highest BCUT2D eigenvalue weighted by atomic mass is 31.2. The molecule has 0 aliphatic heterocycles. The number of carbonyl (C=O) groups excluding carboxylic acids is 4. The molecule has 0 radical (unpaired) electrons. The van der Waals surface area contributed by atoms with E-state index in [1.807, 2.05) is 0 Å². The first-order valence-corrected chi connectivity index (χ1v) is 35.1. The monoisotopic (exact) mass is 1180 g/mol. The molecule has 0 aromatic carbocycles. The van der Waals surface area contributed by atoms with Crippen molar-refractivity contribution in [2.75, 3.05) is 39.6 Å². The van der Waals surface area contributed by atoms with Crippen molar-refractivity contribution in [3.8, 4) is 0 Å². The molecule has 0 saturated heterocycles. The molecule has 474 valence electrons. The minimum absolute atomic E-state index is 0.103. The highest BCUT2D eigenvalue weighted by molar-refractivity contribution is 7.47. The molecule has 0 heterocycles. The van der Waals surface area contributed by atoms with Gasteiger partial charge in [-0.15, -0.1) is 0 Å². The average Bonchev–Trinajstić information content (AvgIpc) is 3.42. The number of phosphoric acid groups is 2. The van der Waals surface area contributed by atoms with E-state index in [-0.39, 0.29) is 25.7 Å². The molecule has 0 spiro atoms. The van der Waals surface area contributed by atoms with Crippen molar-refractivity contribution in [3.63, 3.8) is 0 Å². The van der Waals surface area contributed by atoms with Crippen molar-refractivity contribution >= 4 is 39.5 Å². The lowest BCUT2D eigenvalue weighted by Gasteiger charge is -2.21. The summed E-state index contributed by atoms with van der Waals surface area (Å²) in [6.45, 7) is 7.09. The maximum atomic E-state index is 12.9. The average molecular weight is 1190 g/mol. The molecular weight excluding hydrogens is 1070 g/mol. The Kier molecular flexibility index (Phi) is 53.6. The Morgan fingerprint density at radius 3 is 0.850 bits per heavy atom. The van der Waals surface area contributed by atoms with Crippen LogP contribution in [0.5, 0.6) is 0 Å². The van der Waals surface area contributed by atoms with E-state index in [0.29, 0.717) is 25.7 Å². The number of rotatable bonds is 61. The fraction of sp³-hybridized carbons (Fsp3) is 0.934. The van der Waals surface area contributed by atoms with Gasteiger partial charge in [0.25, 0.3) is 0 Å². The Morgan fingerprint density at radius 2 is 0.575 bits per heavy atom. The van der Waals surface area contributed by atoms with E-state index in [1.165, 1.54) is 103 Å². The van der Waals surface area contributed by atoms with Crippen LogP contribution in [-0.2, 0) is 65.4 Å². The van der Waals surface area contributed by atoms with Gasteiger partial charge in [-0.2, -0.15) is 0 Å². The molecule has 17 nitrogen and oxygen atoms in total. The second kappa shape index (κ2) is 55.0. The molecule has 0 aromatic rings. The van der Waals surface area contributed by atoms with Gasteiger partial charge < -0.3 is 33.8 Å². The third kappa shape index (κ3) is 55.3. The fourth-order valence-electron chi connectivity index (χ4n) is 9.05. The standard InChI is InChI=1S/C61H118O17P2/c1-6-9-12-15-18-19-20-23-26-31-35-40-45-59(64)72-51-57(78-61(66)47-42-37-32-27-24-21-22-25-30-33-38-43-54(4)5)53-76-80(69,70)74-49-55(62)48-73-79(67,68)75-52-56(77-60(65)46-41-36-29-17-14-11-8-3)50-71-58(63)44-39-34-28-16-13-10-7-2/h54-57,62H,6-53H2,1-5H3,(H,67,68)(H,69,70)/t55-,56+,57+/m0/s1. The van der Waals surface area contributed by atoms with Gasteiger partial charge >= 0.3 is 39.5 Å². The fourth-order valence-corrected chi connectivity index (χ4v) is 10.6. The van der Waals surface area contributed by atoms with Gasteiger partial charge in [0.2, 0.25) is 0 Å². The Balaban J connectivity index is 5.19. The maximum absolute atomic E-state index is 12.9. The molecule has 19 heteroatoms. The predicted molar refractivity (Wildman–Crippen MR) is 317 cm³/mol. The number of aliphatic hydroxyl groups excluding tert-OH is 1. The Labute approximate surface area is 486 Å². The van der Waals surface area contributed by atoms with Crippen molar-refractivity contribution in [2.45, 2.75) is 323 Å². The van der Waals surface area contributed by atoms with Gasteiger partial charge in [0, 0.05) is 25.7 Å². The van der Waals surface area contributed by atoms with Crippen LogP contribution in [0.3, 0.4) is 0 Å². The lowest BCUT2D eigenvalue weighted by atomic mass is 10.0. The number of phosphoric ester groups is 2. The molecule has 0 bridgehead atoms. The zero-order chi connectivity index (χ0) is 59.2. The normalized spacial score (nSPS) is 14.3. The number of aliphatic hydroxyl groups is 1. The van der Waals surface area contributed by atoms with Gasteiger partial charge in [0.15, 0.2) is 12.2 Å². The smallest absolute Gasteiger partial charge is 0.462 e. The summed E-state index contributed by atoms with van der Waals surface area (Å²) in [5.74, 6) is -1.38. The summed E-state index contributed by atoms with van der Waals surface area (Å²) in [5.41, 5.74) is 0. The summed E-state index contributed by atoms with van der Waals surface area (Å²) in [5, 5.41) is 10.5. The van der Waals surface area contributed by atoms with Crippen LogP contribution < -0.4 is 0 Å². The van der Waals surface area contributed by atoms with Crippen molar-refractivity contribution in [2.24, 2.45) is 5.92 Å². The van der Waals surface area contributed by atoms with Crippen LogP contribution in [0.2, 0.25) is 0 Å². The Bertz CT molecular complexity index is 1570. The molecule has 0 fully saturated rings. The third-order valence-corrected chi connectivity index (χ3v) is 15.9. The van der Waals surface area contributed by atoms with Gasteiger partial charge in [-0.25, -0.2) is 9.13 Å². The number of carbonyl (C=O) groups is 4. The van der Waals surface area contributed by atoms with Crippen molar-refractivity contribution < 1.29 is 80.2 Å². The topological polar surface area (TPSA) is 237 Å². The van der Waals surface area contributed by atoms with Crippen molar-refractivity contribution in [3.05, 3.63) is 0 Å². The van der Waals surface area contributed by atoms with E-state index in [0.717, 1.165) is 121 Å². The lowest BCUT2D eigenvalue weighted by Crippen LogP contribution is -2.30. The molecule has 3 N–H and O–H groups in total. The SMILES string of the molecule is CCCCCCCCCCCCCCC(=O)OC[C@H](COP(=O)(O)OC[C@@H](O)COP(=O)(O)OC[C@@H](COC(=O)CCCCCCCCC)OC(=O)CCCCCCCCC)OC(=O)CCCCCCCCCCCCCC(C)C. The lowest BCUT2D eigenvalue weighted by molar-refractivity contribution is -0.161. The first kappa shape index (κ1) is 78.1. The van der Waals surface area contributed by atoms with Crippen LogP contribution in [0.15, 0.2) is 0 Å². The minimum atomic E-state index is -4.94. The number of ether oxygens (including phenoxy) is 4. The summed E-state index contributed by atoms with van der Waals surface area (Å²) < 4.78 is 67.7. The van der Waals surface area contributed by atoms with E-state index in [4.69, 9.17) is 37.0 Å². The number of hydrogen-bond donors (Lipinski definition) is 3. The van der Waals surface area contributed by atoms with Crippen LogP contribution in [0.4, 0.5) is 0 Å². The molecule has 80 heavy (non-hydrogen) atoms. The van der Waals surface area contributed by atoms with Gasteiger partial charge in [-0.3, -0.25) is 37.3 Å². The Hall–Kier alpha value is -1.94. The van der Waals surface area contributed by atoms with E-state index in [1.54, 1.807) is 0 Å². The predicted octanol–water partition coefficient (Wildman–Crippen LogP) is 16.6. The summed E-state index contributed by atoms with van der Waals surface area (Å²) in [4.78, 5) is 71.8. The molecule has 5 atom stereocenters. The van der Waals surface area contributed by atoms with E-state index < -0.39 is 97.5 Å². The summed E-state index contributed by atoms with van der Waals surface area (Å²) in [6.07, 6.45) is 37.7. The van der Waals surface area contributed by atoms with Crippen LogP contribution >= 0.6 is 15.6 Å². The van der Waals surface area contributed by atoms with Crippen LogP contribution in [0.1, 0.15) is 304 Å². The second-order valence-electron chi connectivity index (χ2n) is 22.6. The number of esters is 4. The number of unbranched alkanes of at least 4 members (excludes halogenated alkanes) is 33. The first-order valence-electron chi connectivity index (χ1n) is 32.1. The van der Waals surface area contributed by atoms with Gasteiger partial charge in [0.1, 0.15) is 19.3 Å². The minimum Gasteiger partial charge on any atom is -0.462 e. The summed E-state index contributed by atoms with van der Waals surface area (Å²) >= 11 is 0. The van der Waals surface area contributed by atoms with Gasteiger partial charge in [-0.1, -0.05) is 253 Å². The third-order valence-electron chi connectivity index (χ3n) is 14.0. The largest absolute Gasteiger partial charge is 0.472 e. The van der Waals surface area contributed by atoms with Gasteiger partial charge in [-0.05, 0) is 31.6 Å². The highest BCUT2D eigenvalue weighted by Crippen LogP contribution is 2.45. The van der Waals surface area contributed by atoms with Crippen molar-refractivity contribution in [1.29, 1.82) is 0 Å². The zero-order valence-corrected chi connectivity index (χ0v) is 53.0. The molecule has 0 aromatic heterocycles. The quantitative estimate of drug-likeness (QED) is 0.0222. The van der Waals surface area contributed by atoms with E-state index in [9.17, 15) is 43.2 Å². The molecule has 0 aliphatic rings. The summed E-state index contributed by atoms with van der Waals surface area (Å²) in [6, 6.07) is 0. The van der Waals surface area contributed by atoms with E-state index >= 15 is 0 Å². The van der Waals surface area contributed by atoms with Crippen LogP contribution in [0, 0.1) is 5.92 Å². The first-order chi connectivity index (χ1) is 38.5. The highest BCUT2D eigenvalue weighted by Gasteiger charge is 2.30. The van der Waals surface area contributed by atoms with Crippen molar-refractivity contribution in [1.82, 2.24) is 0 Å². The van der Waals surface area contributed by atoms with E-state index in [2.05, 4.69) is 34.6 Å². The zero-order valence-electron chi connectivity index (χ0n) is 51.2. The summed E-state index contributed by atoms with van der Waals surface area (Å²) in [7, 11) is -9.87. The molecule has 2 unspecified atom stereocenters. The molecule has 0 aliphatic carbocycles. The molecular formula is C61H118O17P2. The second-order valence-corrected chi connectivity index (χ2v) is 25.5. The number of hydrogen-bond acceptors (Lipinski definition) is 15. The Morgan fingerprint density at radius 1 is 0.338 bits per heavy atom. The molecule has 0 rings (SSSR count). The van der Waals surface area contributed by atoms with Crippen LogP contribution in [-0.4, -0.2) is 96.7 Å². The van der Waals surface area contributed by atoms with Gasteiger partial charge in [0.05, 0.1) is 26.4 Å². The van der Waals surface area contributed by atoms with Crippen LogP contribution in [0.25, 0.3) is 0 Å². The maximum Gasteiger partial charge on any atom is 0.472 e. The molecule has 0 saturated carbocycles. The molecule has 0 amide bonds.